The lowest BCUT2D eigenvalue weighted by atomic mass is 10.0. The van der Waals surface area contributed by atoms with Gasteiger partial charge in [0.25, 0.3) is 0 Å². The second-order valence-electron chi connectivity index (χ2n) is 19.9. The summed E-state index contributed by atoms with van der Waals surface area (Å²) in [5.74, 6) is -0.881. The van der Waals surface area contributed by atoms with Crippen molar-refractivity contribution < 1.29 is 28.6 Å². The minimum absolute atomic E-state index is 0.0783. The van der Waals surface area contributed by atoms with E-state index in [0.717, 1.165) is 77.0 Å². The maximum Gasteiger partial charge on any atom is 0.306 e. The molecule has 6 heteroatoms. The summed E-state index contributed by atoms with van der Waals surface area (Å²) < 4.78 is 16.9. The molecule has 0 aromatic rings. The molecule has 1 atom stereocenters. The van der Waals surface area contributed by atoms with Gasteiger partial charge in [0.1, 0.15) is 13.2 Å². The maximum atomic E-state index is 12.9. The molecule has 0 N–H and O–H groups in total. The monoisotopic (exact) mass is 953 g/mol. The van der Waals surface area contributed by atoms with Gasteiger partial charge in [0.05, 0.1) is 0 Å². The summed E-state index contributed by atoms with van der Waals surface area (Å²) >= 11 is 0. The molecule has 0 aromatic heterocycles. The fraction of sp³-hybridized carbons (Fsp3) is 0.823. The second-order valence-corrected chi connectivity index (χ2v) is 19.9. The molecule has 6 nitrogen and oxygen atoms in total. The predicted molar refractivity (Wildman–Crippen MR) is 293 cm³/mol. The van der Waals surface area contributed by atoms with E-state index in [-0.39, 0.29) is 31.1 Å². The molecule has 0 radical (unpaired) electrons. The van der Waals surface area contributed by atoms with Crippen LogP contribution in [-0.2, 0) is 28.6 Å². The molecule has 0 saturated heterocycles. The summed E-state index contributed by atoms with van der Waals surface area (Å²) in [5, 5.41) is 0. The molecule has 0 spiro atoms. The zero-order chi connectivity index (χ0) is 49.3. The van der Waals surface area contributed by atoms with E-state index in [0.29, 0.717) is 19.3 Å². The topological polar surface area (TPSA) is 78.9 Å². The minimum Gasteiger partial charge on any atom is -0.462 e. The smallest absolute Gasteiger partial charge is 0.306 e. The Labute approximate surface area is 422 Å². The van der Waals surface area contributed by atoms with Crippen molar-refractivity contribution in [2.24, 2.45) is 0 Å². The van der Waals surface area contributed by atoms with Gasteiger partial charge in [0.2, 0.25) is 0 Å². The van der Waals surface area contributed by atoms with Crippen molar-refractivity contribution in [3.8, 4) is 0 Å². The van der Waals surface area contributed by atoms with Gasteiger partial charge in [0, 0.05) is 19.3 Å². The van der Waals surface area contributed by atoms with E-state index >= 15 is 0 Å². The molecule has 0 heterocycles. The number of allylic oxidation sites excluding steroid dienone is 8. The van der Waals surface area contributed by atoms with Crippen LogP contribution in [0.5, 0.6) is 0 Å². The van der Waals surface area contributed by atoms with Gasteiger partial charge in [0.15, 0.2) is 6.10 Å². The van der Waals surface area contributed by atoms with Gasteiger partial charge in [-0.3, -0.25) is 14.4 Å². The number of unbranched alkanes of at least 4 members (excludes halogenated alkanes) is 37. The van der Waals surface area contributed by atoms with Crippen LogP contribution in [0.15, 0.2) is 48.6 Å². The van der Waals surface area contributed by atoms with Crippen LogP contribution in [-0.4, -0.2) is 37.2 Å². The SMILES string of the molecule is CC\C=C/C=C\C=C/CCCCCCCCCC(=O)OCC(COC(=O)CCCCCCC/C=C\CCCCCCCCCCC)OC(=O)CCCCCCCCCCCCCCCCCCC. The number of rotatable bonds is 54. The highest BCUT2D eigenvalue weighted by Crippen LogP contribution is 2.17. The molecular formula is C62H112O6. The molecule has 0 saturated carbocycles. The summed E-state index contributed by atoms with van der Waals surface area (Å²) in [6.45, 7) is 6.54. The Morgan fingerprint density at radius 2 is 0.588 bits per heavy atom. The van der Waals surface area contributed by atoms with E-state index in [9.17, 15) is 14.4 Å². The Morgan fingerprint density at radius 3 is 0.926 bits per heavy atom. The van der Waals surface area contributed by atoms with Crippen LogP contribution in [0.25, 0.3) is 0 Å². The van der Waals surface area contributed by atoms with Crippen LogP contribution < -0.4 is 0 Å². The molecule has 1 unspecified atom stereocenters. The number of carbonyl (C=O) groups excluding carboxylic acids is 3. The lowest BCUT2D eigenvalue weighted by Gasteiger charge is -2.18. The lowest BCUT2D eigenvalue weighted by Crippen LogP contribution is -2.30. The van der Waals surface area contributed by atoms with Crippen LogP contribution in [0.2, 0.25) is 0 Å². The highest BCUT2D eigenvalue weighted by molar-refractivity contribution is 5.71. The van der Waals surface area contributed by atoms with Gasteiger partial charge in [-0.05, 0) is 64.2 Å². The molecule has 0 fully saturated rings. The Hall–Kier alpha value is -2.63. The molecule has 396 valence electrons. The molecule has 0 aliphatic rings. The third kappa shape index (κ3) is 54.3. The van der Waals surface area contributed by atoms with Gasteiger partial charge in [-0.15, -0.1) is 0 Å². The van der Waals surface area contributed by atoms with Gasteiger partial charge in [-0.2, -0.15) is 0 Å². The molecule has 0 aliphatic carbocycles. The third-order valence-electron chi connectivity index (χ3n) is 13.1. The average Bonchev–Trinajstić information content (AvgIpc) is 3.34. The normalized spacial score (nSPS) is 12.3. The zero-order valence-corrected chi connectivity index (χ0v) is 45.4. The zero-order valence-electron chi connectivity index (χ0n) is 45.4. The maximum absolute atomic E-state index is 12.9. The fourth-order valence-electron chi connectivity index (χ4n) is 8.67. The summed E-state index contributed by atoms with van der Waals surface area (Å²) in [7, 11) is 0. The number of ether oxygens (including phenoxy) is 3. The van der Waals surface area contributed by atoms with Crippen molar-refractivity contribution in [2.45, 2.75) is 316 Å². The highest BCUT2D eigenvalue weighted by atomic mass is 16.6. The molecule has 0 amide bonds. The first-order valence-corrected chi connectivity index (χ1v) is 29.7. The predicted octanol–water partition coefficient (Wildman–Crippen LogP) is 19.8. The molecule has 68 heavy (non-hydrogen) atoms. The summed E-state index contributed by atoms with van der Waals surface area (Å²) in [4.78, 5) is 38.2. The summed E-state index contributed by atoms with van der Waals surface area (Å²) in [6.07, 6.45) is 69.6. The Morgan fingerprint density at radius 1 is 0.309 bits per heavy atom. The number of carbonyl (C=O) groups is 3. The van der Waals surface area contributed by atoms with Gasteiger partial charge >= 0.3 is 17.9 Å². The minimum atomic E-state index is -0.779. The third-order valence-corrected chi connectivity index (χ3v) is 13.1. The first kappa shape index (κ1) is 65.4. The average molecular weight is 954 g/mol. The lowest BCUT2D eigenvalue weighted by molar-refractivity contribution is -0.167. The van der Waals surface area contributed by atoms with Crippen molar-refractivity contribution in [1.82, 2.24) is 0 Å². The van der Waals surface area contributed by atoms with Crippen LogP contribution in [0.1, 0.15) is 310 Å². The van der Waals surface area contributed by atoms with Crippen LogP contribution in [0, 0.1) is 0 Å². The van der Waals surface area contributed by atoms with E-state index in [2.05, 4.69) is 69.4 Å². The molecule has 0 aromatic carbocycles. The van der Waals surface area contributed by atoms with E-state index in [1.807, 2.05) is 0 Å². The quantitative estimate of drug-likeness (QED) is 0.0199. The van der Waals surface area contributed by atoms with Crippen LogP contribution >= 0.6 is 0 Å². The van der Waals surface area contributed by atoms with Crippen LogP contribution in [0.3, 0.4) is 0 Å². The largest absolute Gasteiger partial charge is 0.462 e. The van der Waals surface area contributed by atoms with E-state index < -0.39 is 6.10 Å². The van der Waals surface area contributed by atoms with Crippen molar-refractivity contribution in [3.05, 3.63) is 48.6 Å². The first-order valence-electron chi connectivity index (χ1n) is 29.7. The molecule has 0 aliphatic heterocycles. The van der Waals surface area contributed by atoms with E-state index in [1.54, 1.807) is 0 Å². The van der Waals surface area contributed by atoms with Gasteiger partial charge in [-0.1, -0.05) is 275 Å². The van der Waals surface area contributed by atoms with Crippen molar-refractivity contribution in [1.29, 1.82) is 0 Å². The molecular weight excluding hydrogens is 841 g/mol. The summed E-state index contributed by atoms with van der Waals surface area (Å²) in [5.41, 5.74) is 0. The fourth-order valence-corrected chi connectivity index (χ4v) is 8.67. The molecule has 0 rings (SSSR count). The Balaban J connectivity index is 4.36. The van der Waals surface area contributed by atoms with E-state index in [1.165, 1.54) is 193 Å². The standard InChI is InChI=1S/C62H112O6/c1-4-7-10-13-16-19-22-25-28-30-32-34-37-40-43-46-49-52-55-61(64)67-58-59(57-66-60(63)54-51-48-45-42-39-36-33-27-24-21-18-15-12-9-6-3)68-62(65)56-53-50-47-44-41-38-35-31-29-26-23-20-17-14-11-8-5-2/h9,12,15,18,21,24,32,34,59H,4-8,10-11,13-14,16-17,19-20,22-23,25-31,33,35-58H2,1-3H3/b12-9-,18-15-,24-21-,34-32-. The molecule has 0 bridgehead atoms. The summed E-state index contributed by atoms with van der Waals surface area (Å²) in [6, 6.07) is 0. The highest BCUT2D eigenvalue weighted by Gasteiger charge is 2.19. The Kier molecular flexibility index (Phi) is 54.8. The van der Waals surface area contributed by atoms with Crippen LogP contribution in [0.4, 0.5) is 0 Å². The van der Waals surface area contributed by atoms with Gasteiger partial charge in [-0.25, -0.2) is 0 Å². The van der Waals surface area contributed by atoms with Crippen molar-refractivity contribution in [2.75, 3.05) is 13.2 Å². The van der Waals surface area contributed by atoms with E-state index in [4.69, 9.17) is 14.2 Å². The second kappa shape index (κ2) is 57.0. The van der Waals surface area contributed by atoms with Gasteiger partial charge < -0.3 is 14.2 Å². The number of hydrogen-bond acceptors (Lipinski definition) is 6. The number of esters is 3. The number of hydrogen-bond donors (Lipinski definition) is 0. The van der Waals surface area contributed by atoms with Crippen molar-refractivity contribution >= 4 is 17.9 Å². The van der Waals surface area contributed by atoms with Crippen molar-refractivity contribution in [3.63, 3.8) is 0 Å². The first-order chi connectivity index (χ1) is 33.5. The Bertz CT molecular complexity index is 1190.